The van der Waals surface area contributed by atoms with E-state index in [4.69, 9.17) is 9.47 Å². The molecule has 2 fully saturated rings. The summed E-state index contributed by atoms with van der Waals surface area (Å²) in [5.41, 5.74) is -0.569. The molecule has 5 amide bonds. The van der Waals surface area contributed by atoms with Crippen molar-refractivity contribution in [2.75, 3.05) is 19.7 Å². The third kappa shape index (κ3) is 13.7. The SMILES string of the molecule is CCC[C@H](NC(=O)C1C[C@@H](OC(C)(C)C)CN1C(=O)[C@@H](NC(=O)OCC(C)(C)C)C1CCCCC1)C(=O)C(=O)NCC(=O)N[C@H](C(=O)O)c1ccccc1. The number of carbonyl (C=O) groups excluding carboxylic acids is 6. The van der Waals surface area contributed by atoms with Gasteiger partial charge in [-0.15, -0.1) is 0 Å². The van der Waals surface area contributed by atoms with E-state index in [2.05, 4.69) is 21.3 Å². The maximum Gasteiger partial charge on any atom is 0.407 e. The van der Waals surface area contributed by atoms with E-state index in [0.717, 1.165) is 19.3 Å². The average molecular weight is 758 g/mol. The van der Waals surface area contributed by atoms with Crippen molar-refractivity contribution in [3.8, 4) is 0 Å². The first kappa shape index (κ1) is 43.9. The Bertz CT molecular complexity index is 1480. The van der Waals surface area contributed by atoms with Gasteiger partial charge >= 0.3 is 12.1 Å². The number of aliphatic carboxylic acids is 1. The van der Waals surface area contributed by atoms with Gasteiger partial charge in [0.25, 0.3) is 5.91 Å². The van der Waals surface area contributed by atoms with Crippen LogP contribution in [0.5, 0.6) is 0 Å². The number of benzene rings is 1. The molecule has 1 aromatic carbocycles. The number of ether oxygens (including phenoxy) is 2. The van der Waals surface area contributed by atoms with Crippen LogP contribution in [0.4, 0.5) is 4.79 Å². The molecule has 5 atom stereocenters. The van der Waals surface area contributed by atoms with Gasteiger partial charge in [-0.2, -0.15) is 0 Å². The Balaban J connectivity index is 1.76. The number of alkyl carbamates (subject to hydrolysis) is 1. The predicted molar refractivity (Wildman–Crippen MR) is 199 cm³/mol. The van der Waals surface area contributed by atoms with Gasteiger partial charge in [0, 0.05) is 13.0 Å². The smallest absolute Gasteiger partial charge is 0.407 e. The standard InChI is InChI=1S/C39H59N5O10/c1-8-15-27(32(46)34(48)40-21-29(45)42-31(36(50)51)25-18-13-10-14-19-25)41-33(47)28-20-26(54-39(5,6)7)22-44(28)35(49)30(24-16-11-9-12-17-24)43-37(52)53-23-38(2,3)4/h10,13-14,18-19,24,26-28,30-31H,8-9,11-12,15-17,20-23H2,1-7H3,(H,40,48)(H,41,47)(H,42,45)(H,43,52)(H,50,51)/t26-,27+,28?,30+,31+/m1/s1. The first-order valence-corrected chi connectivity index (χ1v) is 18.9. The molecule has 15 heteroatoms. The van der Waals surface area contributed by atoms with Gasteiger partial charge in [0.05, 0.1) is 30.9 Å². The Kier molecular flexibility index (Phi) is 16.0. The number of carboxylic acids is 1. The number of rotatable bonds is 16. The van der Waals surface area contributed by atoms with Crippen LogP contribution in [-0.2, 0) is 38.2 Å². The van der Waals surface area contributed by atoms with E-state index >= 15 is 0 Å². The quantitative estimate of drug-likeness (QED) is 0.155. The molecule has 15 nitrogen and oxygen atoms in total. The molecule has 1 unspecified atom stereocenters. The van der Waals surface area contributed by atoms with E-state index < -0.39 is 83.9 Å². The molecule has 2 aliphatic rings. The minimum Gasteiger partial charge on any atom is -0.479 e. The van der Waals surface area contributed by atoms with Crippen molar-refractivity contribution >= 4 is 41.5 Å². The highest BCUT2D eigenvalue weighted by Crippen LogP contribution is 2.31. The van der Waals surface area contributed by atoms with Crippen LogP contribution >= 0.6 is 0 Å². The second-order valence-corrected chi connectivity index (χ2v) is 16.4. The molecule has 0 radical (unpaired) electrons. The fourth-order valence-corrected chi connectivity index (χ4v) is 6.73. The lowest BCUT2D eigenvalue weighted by Crippen LogP contribution is -2.58. The van der Waals surface area contributed by atoms with E-state index in [1.54, 1.807) is 25.1 Å². The van der Waals surface area contributed by atoms with Gasteiger partial charge < -0.3 is 40.7 Å². The first-order valence-electron chi connectivity index (χ1n) is 18.9. The highest BCUT2D eigenvalue weighted by molar-refractivity contribution is 6.38. The number of nitrogens with one attached hydrogen (secondary N) is 4. The third-order valence-corrected chi connectivity index (χ3v) is 9.19. The summed E-state index contributed by atoms with van der Waals surface area (Å²) in [4.78, 5) is 93.6. The summed E-state index contributed by atoms with van der Waals surface area (Å²) >= 11 is 0. The van der Waals surface area contributed by atoms with Crippen molar-refractivity contribution in [2.45, 2.75) is 136 Å². The molecule has 1 aromatic rings. The van der Waals surface area contributed by atoms with E-state index in [1.165, 1.54) is 17.0 Å². The number of amides is 5. The van der Waals surface area contributed by atoms with E-state index in [-0.39, 0.29) is 37.3 Å². The maximum atomic E-state index is 14.4. The minimum absolute atomic E-state index is 0.0679. The molecule has 1 heterocycles. The fraction of sp³-hybridized carbons (Fsp3) is 0.667. The molecule has 5 N–H and O–H groups in total. The summed E-state index contributed by atoms with van der Waals surface area (Å²) in [5, 5.41) is 19.6. The number of Topliss-reactive ketones (excluding diaryl/α,β-unsaturated/α-hetero) is 1. The van der Waals surface area contributed by atoms with Crippen LogP contribution in [0.3, 0.4) is 0 Å². The van der Waals surface area contributed by atoms with Gasteiger partial charge in [0.2, 0.25) is 23.5 Å². The lowest BCUT2D eigenvalue weighted by molar-refractivity contribution is -0.144. The second-order valence-electron chi connectivity index (χ2n) is 16.4. The number of nitrogens with zero attached hydrogens (tertiary/aromatic N) is 1. The van der Waals surface area contributed by atoms with Crippen molar-refractivity contribution in [3.63, 3.8) is 0 Å². The van der Waals surface area contributed by atoms with Crippen LogP contribution in [0.2, 0.25) is 0 Å². The van der Waals surface area contributed by atoms with Gasteiger partial charge in [-0.25, -0.2) is 9.59 Å². The normalized spacial score (nSPS) is 19.5. The van der Waals surface area contributed by atoms with Crippen LogP contribution < -0.4 is 21.3 Å². The van der Waals surface area contributed by atoms with Crippen LogP contribution in [0.1, 0.15) is 111 Å². The van der Waals surface area contributed by atoms with Crippen molar-refractivity contribution in [2.24, 2.45) is 11.3 Å². The predicted octanol–water partition coefficient (Wildman–Crippen LogP) is 3.40. The van der Waals surface area contributed by atoms with Gasteiger partial charge in [-0.05, 0) is 56.9 Å². The topological polar surface area (TPSA) is 210 Å². The number of hydrogen-bond donors (Lipinski definition) is 5. The summed E-state index contributed by atoms with van der Waals surface area (Å²) in [6.45, 7) is 12.7. The zero-order valence-corrected chi connectivity index (χ0v) is 32.7. The highest BCUT2D eigenvalue weighted by atomic mass is 16.5. The van der Waals surface area contributed by atoms with Gasteiger partial charge in [-0.1, -0.05) is 83.7 Å². The van der Waals surface area contributed by atoms with Gasteiger partial charge in [0.15, 0.2) is 6.04 Å². The van der Waals surface area contributed by atoms with Gasteiger partial charge in [-0.3, -0.25) is 24.0 Å². The minimum atomic E-state index is -1.37. The Labute approximate surface area is 318 Å². The molecule has 1 aliphatic heterocycles. The lowest BCUT2D eigenvalue weighted by atomic mass is 9.83. The van der Waals surface area contributed by atoms with Gasteiger partial charge in [0.1, 0.15) is 12.1 Å². The van der Waals surface area contributed by atoms with Crippen molar-refractivity contribution in [3.05, 3.63) is 35.9 Å². The average Bonchev–Trinajstić information content (AvgIpc) is 3.53. The fourth-order valence-electron chi connectivity index (χ4n) is 6.73. The molecule has 3 rings (SSSR count). The maximum absolute atomic E-state index is 14.4. The molecular weight excluding hydrogens is 698 g/mol. The van der Waals surface area contributed by atoms with Crippen LogP contribution in [-0.4, -0.2) is 101 Å². The number of carboxylic acid groups (broad SMARTS) is 1. The zero-order valence-electron chi connectivity index (χ0n) is 32.7. The van der Waals surface area contributed by atoms with Crippen LogP contribution in [0, 0.1) is 11.3 Å². The number of likely N-dealkylation sites (tertiary alicyclic amines) is 1. The summed E-state index contributed by atoms with van der Waals surface area (Å²) in [5.74, 6) is -5.57. The van der Waals surface area contributed by atoms with E-state index in [9.17, 15) is 38.7 Å². The molecule has 1 saturated heterocycles. The zero-order chi connectivity index (χ0) is 40.2. The van der Waals surface area contributed by atoms with E-state index in [0.29, 0.717) is 24.8 Å². The molecular formula is C39H59N5O10. The Hall–Kier alpha value is -4.53. The van der Waals surface area contributed by atoms with Crippen LogP contribution in [0.15, 0.2) is 30.3 Å². The summed E-state index contributed by atoms with van der Waals surface area (Å²) < 4.78 is 11.7. The first-order chi connectivity index (χ1) is 25.3. The number of ketones is 1. The Morgan fingerprint density at radius 1 is 0.907 bits per heavy atom. The largest absolute Gasteiger partial charge is 0.479 e. The molecule has 0 aromatic heterocycles. The number of hydrogen-bond acceptors (Lipinski definition) is 9. The van der Waals surface area contributed by atoms with Crippen molar-refractivity contribution in [1.29, 1.82) is 0 Å². The molecule has 54 heavy (non-hydrogen) atoms. The number of carbonyl (C=O) groups is 7. The third-order valence-electron chi connectivity index (χ3n) is 9.19. The van der Waals surface area contributed by atoms with Crippen LogP contribution in [0.25, 0.3) is 0 Å². The lowest BCUT2D eigenvalue weighted by Gasteiger charge is -2.34. The van der Waals surface area contributed by atoms with Crippen molar-refractivity contribution in [1.82, 2.24) is 26.2 Å². The molecule has 300 valence electrons. The van der Waals surface area contributed by atoms with Crippen molar-refractivity contribution < 1.29 is 48.1 Å². The molecule has 1 aliphatic carbocycles. The summed E-state index contributed by atoms with van der Waals surface area (Å²) in [7, 11) is 0. The second kappa shape index (κ2) is 19.7. The van der Waals surface area contributed by atoms with E-state index in [1.807, 2.05) is 41.5 Å². The molecule has 1 saturated carbocycles. The summed E-state index contributed by atoms with van der Waals surface area (Å²) in [6, 6.07) is 3.33. The molecule has 0 bridgehead atoms. The Morgan fingerprint density at radius 2 is 1.56 bits per heavy atom. The highest BCUT2D eigenvalue weighted by Gasteiger charge is 2.46. The summed E-state index contributed by atoms with van der Waals surface area (Å²) in [6.07, 6.45) is 3.60. The monoisotopic (exact) mass is 757 g/mol. The molecule has 0 spiro atoms. The Morgan fingerprint density at radius 3 is 2.13 bits per heavy atom.